The third-order valence-electron chi connectivity index (χ3n) is 3.24. The van der Waals surface area contributed by atoms with Gasteiger partial charge in [0.2, 0.25) is 10.0 Å². The second-order valence-electron chi connectivity index (χ2n) is 4.97. The van der Waals surface area contributed by atoms with Crippen LogP contribution >= 0.6 is 11.6 Å². The minimum atomic E-state index is -3.68. The van der Waals surface area contributed by atoms with Gasteiger partial charge in [-0.15, -0.1) is 6.42 Å². The fourth-order valence-electron chi connectivity index (χ4n) is 1.93. The number of rotatable bonds is 5. The second kappa shape index (κ2) is 7.49. The molecule has 0 atom stereocenters. The summed E-state index contributed by atoms with van der Waals surface area (Å²) in [5.41, 5.74) is 1.79. The van der Waals surface area contributed by atoms with Gasteiger partial charge in [0.05, 0.1) is 11.4 Å². The predicted molar refractivity (Wildman–Crippen MR) is 94.6 cm³/mol. The molecule has 24 heavy (non-hydrogen) atoms. The van der Waals surface area contributed by atoms with Crippen LogP contribution in [0.2, 0.25) is 5.02 Å². The van der Waals surface area contributed by atoms with E-state index >= 15 is 0 Å². The number of halogens is 1. The van der Waals surface area contributed by atoms with Crippen molar-refractivity contribution in [2.24, 2.45) is 0 Å². The Morgan fingerprint density at radius 2 is 1.88 bits per heavy atom. The average Bonchev–Trinajstić information content (AvgIpc) is 2.56. The highest BCUT2D eigenvalue weighted by Gasteiger charge is 2.14. The highest BCUT2D eigenvalue weighted by Crippen LogP contribution is 2.21. The van der Waals surface area contributed by atoms with Crippen LogP contribution in [0, 0.1) is 19.3 Å². The maximum absolute atomic E-state index is 12.3. The fourth-order valence-corrected chi connectivity index (χ4v) is 3.04. The summed E-state index contributed by atoms with van der Waals surface area (Å²) in [6.45, 7) is 1.75. The van der Waals surface area contributed by atoms with E-state index in [9.17, 15) is 13.2 Å². The monoisotopic (exact) mass is 362 g/mol. The molecule has 2 rings (SSSR count). The van der Waals surface area contributed by atoms with Crippen LogP contribution in [0.4, 0.5) is 5.69 Å². The van der Waals surface area contributed by atoms with Gasteiger partial charge in [-0.05, 0) is 48.9 Å². The number of carbonyl (C=O) groups excluding carboxylic acids is 1. The molecule has 124 valence electrons. The van der Waals surface area contributed by atoms with Gasteiger partial charge in [-0.25, -0.2) is 8.42 Å². The molecule has 0 bridgehead atoms. The number of sulfonamides is 1. The van der Waals surface area contributed by atoms with Gasteiger partial charge in [-0.1, -0.05) is 23.6 Å². The third kappa shape index (κ3) is 4.36. The molecule has 0 spiro atoms. The molecule has 0 heterocycles. The van der Waals surface area contributed by atoms with Crippen molar-refractivity contribution >= 4 is 33.2 Å². The smallest absolute Gasteiger partial charge is 0.255 e. The molecule has 0 saturated carbocycles. The maximum Gasteiger partial charge on any atom is 0.255 e. The maximum atomic E-state index is 12.3. The molecular formula is C17H15ClN2O3S. The van der Waals surface area contributed by atoms with Crippen molar-refractivity contribution in [3.63, 3.8) is 0 Å². The van der Waals surface area contributed by atoms with E-state index < -0.39 is 10.0 Å². The number of terminal acetylenes is 1. The van der Waals surface area contributed by atoms with Crippen molar-refractivity contribution < 1.29 is 13.2 Å². The summed E-state index contributed by atoms with van der Waals surface area (Å²) in [6, 6.07) is 10.7. The Kier molecular flexibility index (Phi) is 5.62. The summed E-state index contributed by atoms with van der Waals surface area (Å²) in [4.78, 5) is 12.3. The summed E-state index contributed by atoms with van der Waals surface area (Å²) >= 11 is 5.92. The van der Waals surface area contributed by atoms with Gasteiger partial charge in [-0.2, -0.15) is 4.72 Å². The van der Waals surface area contributed by atoms with E-state index in [-0.39, 0.29) is 17.3 Å². The summed E-state index contributed by atoms with van der Waals surface area (Å²) in [5.74, 6) is 1.83. The SMILES string of the molecule is C#CCNS(=O)(=O)c1ccc(C(=O)Nc2cc(Cl)ccc2C)cc1. The van der Waals surface area contributed by atoms with E-state index in [4.69, 9.17) is 18.0 Å². The molecule has 0 aromatic heterocycles. The van der Waals surface area contributed by atoms with E-state index in [1.807, 2.05) is 6.92 Å². The molecule has 0 unspecified atom stereocenters. The van der Waals surface area contributed by atoms with Crippen LogP contribution in [0.25, 0.3) is 0 Å². The molecule has 1 amide bonds. The Bertz CT molecular complexity index is 900. The van der Waals surface area contributed by atoms with Crippen LogP contribution in [0.3, 0.4) is 0 Å². The van der Waals surface area contributed by atoms with Crippen LogP contribution in [0.1, 0.15) is 15.9 Å². The lowest BCUT2D eigenvalue weighted by atomic mass is 10.1. The summed E-state index contributed by atoms with van der Waals surface area (Å²) in [6.07, 6.45) is 5.03. The van der Waals surface area contributed by atoms with Gasteiger partial charge in [0.1, 0.15) is 0 Å². The Morgan fingerprint density at radius 1 is 1.21 bits per heavy atom. The Morgan fingerprint density at radius 3 is 2.50 bits per heavy atom. The first kappa shape index (κ1) is 18.0. The van der Waals surface area contributed by atoms with E-state index in [2.05, 4.69) is 16.0 Å². The lowest BCUT2D eigenvalue weighted by molar-refractivity contribution is 0.102. The number of carbonyl (C=O) groups is 1. The van der Waals surface area contributed by atoms with Gasteiger partial charge < -0.3 is 5.32 Å². The van der Waals surface area contributed by atoms with Crippen LogP contribution in [-0.4, -0.2) is 20.9 Å². The zero-order valence-corrected chi connectivity index (χ0v) is 14.4. The molecule has 0 aliphatic heterocycles. The number of hydrogen-bond donors (Lipinski definition) is 2. The van der Waals surface area contributed by atoms with Crippen molar-refractivity contribution in [2.45, 2.75) is 11.8 Å². The number of nitrogens with one attached hydrogen (secondary N) is 2. The van der Waals surface area contributed by atoms with Crippen molar-refractivity contribution in [1.29, 1.82) is 0 Å². The first-order valence-corrected chi connectivity index (χ1v) is 8.80. The number of aryl methyl sites for hydroxylation is 1. The van der Waals surface area contributed by atoms with Gasteiger partial charge in [0.15, 0.2) is 0 Å². The summed E-state index contributed by atoms with van der Waals surface area (Å²) < 4.78 is 26.1. The van der Waals surface area contributed by atoms with Gasteiger partial charge in [0, 0.05) is 16.3 Å². The Balaban J connectivity index is 2.17. The molecule has 2 aromatic carbocycles. The Labute approximate surface area is 146 Å². The fraction of sp³-hybridized carbons (Fsp3) is 0.118. The normalized spacial score (nSPS) is 10.9. The van der Waals surface area contributed by atoms with E-state index in [1.165, 1.54) is 24.3 Å². The molecule has 0 aliphatic carbocycles. The molecule has 0 radical (unpaired) electrons. The second-order valence-corrected chi connectivity index (χ2v) is 7.17. The highest BCUT2D eigenvalue weighted by molar-refractivity contribution is 7.89. The van der Waals surface area contributed by atoms with Crippen LogP contribution in [0.15, 0.2) is 47.4 Å². The molecule has 2 N–H and O–H groups in total. The zero-order chi connectivity index (χ0) is 17.7. The molecule has 0 fully saturated rings. The topological polar surface area (TPSA) is 75.3 Å². The summed E-state index contributed by atoms with van der Waals surface area (Å²) in [7, 11) is -3.68. The lowest BCUT2D eigenvalue weighted by Gasteiger charge is -2.09. The molecule has 7 heteroatoms. The highest BCUT2D eigenvalue weighted by atomic mass is 35.5. The quantitative estimate of drug-likeness (QED) is 0.803. The number of hydrogen-bond acceptors (Lipinski definition) is 3. The predicted octanol–water partition coefficient (Wildman–Crippen LogP) is 2.81. The van der Waals surface area contributed by atoms with Crippen LogP contribution in [-0.2, 0) is 10.0 Å². The number of benzene rings is 2. The first-order chi connectivity index (χ1) is 11.3. The minimum Gasteiger partial charge on any atom is -0.322 e. The number of anilines is 1. The van der Waals surface area contributed by atoms with Crippen LogP contribution < -0.4 is 10.0 Å². The van der Waals surface area contributed by atoms with Crippen LogP contribution in [0.5, 0.6) is 0 Å². The molecule has 0 aliphatic rings. The zero-order valence-electron chi connectivity index (χ0n) is 12.8. The average molecular weight is 363 g/mol. The molecular weight excluding hydrogens is 348 g/mol. The first-order valence-electron chi connectivity index (χ1n) is 6.94. The molecule has 5 nitrogen and oxygen atoms in total. The van der Waals surface area contributed by atoms with Gasteiger partial charge >= 0.3 is 0 Å². The standard InChI is InChI=1S/C17H15ClN2O3S/c1-3-10-19-24(22,23)15-8-5-13(6-9-15)17(21)20-16-11-14(18)7-4-12(16)2/h1,4-9,11,19H,10H2,2H3,(H,20,21). The third-order valence-corrected chi connectivity index (χ3v) is 4.89. The van der Waals surface area contributed by atoms with Crippen molar-refractivity contribution in [3.05, 3.63) is 58.6 Å². The molecule has 2 aromatic rings. The van der Waals surface area contributed by atoms with Crippen molar-refractivity contribution in [1.82, 2.24) is 4.72 Å². The largest absolute Gasteiger partial charge is 0.322 e. The van der Waals surface area contributed by atoms with Crippen molar-refractivity contribution in [2.75, 3.05) is 11.9 Å². The van der Waals surface area contributed by atoms with E-state index in [0.29, 0.717) is 16.3 Å². The Hall–Kier alpha value is -2.33. The number of amides is 1. The minimum absolute atomic E-state index is 0.0354. The summed E-state index contributed by atoms with van der Waals surface area (Å²) in [5, 5.41) is 3.26. The van der Waals surface area contributed by atoms with Gasteiger partial charge in [0.25, 0.3) is 5.91 Å². The van der Waals surface area contributed by atoms with E-state index in [0.717, 1.165) is 5.56 Å². The van der Waals surface area contributed by atoms with E-state index in [1.54, 1.807) is 18.2 Å². The van der Waals surface area contributed by atoms with Gasteiger partial charge in [-0.3, -0.25) is 4.79 Å². The lowest BCUT2D eigenvalue weighted by Crippen LogP contribution is -2.24. The molecule has 0 saturated heterocycles. The van der Waals surface area contributed by atoms with Crippen molar-refractivity contribution in [3.8, 4) is 12.3 Å².